The molecule has 1 spiro atoms. The van der Waals surface area contributed by atoms with Gasteiger partial charge in [0.1, 0.15) is 5.60 Å². The van der Waals surface area contributed by atoms with Crippen molar-refractivity contribution in [3.8, 4) is 0 Å². The van der Waals surface area contributed by atoms with E-state index in [0.29, 0.717) is 11.8 Å². The number of hydrogen-bond acceptors (Lipinski definition) is 4. The lowest BCUT2D eigenvalue weighted by Gasteiger charge is -2.56. The minimum absolute atomic E-state index is 0.00263. The molecule has 136 valence electrons. The summed E-state index contributed by atoms with van der Waals surface area (Å²) in [6.45, 7) is 6.58. The van der Waals surface area contributed by atoms with E-state index in [0.717, 1.165) is 32.1 Å². The van der Waals surface area contributed by atoms with Crippen LogP contribution in [0.15, 0.2) is 0 Å². The highest BCUT2D eigenvalue weighted by Gasteiger charge is 2.72. The molecule has 0 aromatic carbocycles. The minimum Gasteiger partial charge on any atom is -0.432 e. The summed E-state index contributed by atoms with van der Waals surface area (Å²) in [5.41, 5.74) is -0.381. The van der Waals surface area contributed by atoms with Crippen molar-refractivity contribution < 1.29 is 19.0 Å². The number of hydrogen-bond donors (Lipinski definition) is 0. The standard InChI is InChI=1S/C20H32O4/c1-4-5-6-7-8-14-16-10-9-13(2)15-11-12-19(3)23-18(22-17(14)21)20(15,16)24-19/h13-16,18H,4-12H2,1-3H3/t13-,14-,15+,16+,18-,19-,20-/m1/s1. The summed E-state index contributed by atoms with van der Waals surface area (Å²) in [7, 11) is 0. The molecule has 4 aliphatic rings. The Morgan fingerprint density at radius 1 is 1.12 bits per heavy atom. The summed E-state index contributed by atoms with van der Waals surface area (Å²) in [6.07, 6.45) is 9.56. The quantitative estimate of drug-likeness (QED) is 0.551. The zero-order chi connectivity index (χ0) is 16.9. The maximum atomic E-state index is 12.7. The van der Waals surface area contributed by atoms with Crippen molar-refractivity contribution in [3.05, 3.63) is 0 Å². The number of esters is 1. The normalized spacial score (nSPS) is 49.6. The Labute approximate surface area is 145 Å². The summed E-state index contributed by atoms with van der Waals surface area (Å²) in [5, 5.41) is 0. The van der Waals surface area contributed by atoms with Gasteiger partial charge in [0.2, 0.25) is 6.29 Å². The molecule has 1 saturated carbocycles. The Morgan fingerprint density at radius 2 is 1.96 bits per heavy atom. The van der Waals surface area contributed by atoms with E-state index in [9.17, 15) is 4.79 Å². The van der Waals surface area contributed by atoms with Gasteiger partial charge in [-0.05, 0) is 44.4 Å². The molecular formula is C20H32O4. The molecule has 24 heavy (non-hydrogen) atoms. The number of unbranched alkanes of at least 4 members (excludes halogenated alkanes) is 3. The van der Waals surface area contributed by atoms with E-state index in [1.807, 2.05) is 6.92 Å². The first-order chi connectivity index (χ1) is 11.5. The van der Waals surface area contributed by atoms with Gasteiger partial charge in [-0.25, -0.2) is 0 Å². The van der Waals surface area contributed by atoms with Crippen molar-refractivity contribution in [2.45, 2.75) is 96.2 Å². The molecule has 0 aromatic heterocycles. The van der Waals surface area contributed by atoms with Gasteiger partial charge >= 0.3 is 5.97 Å². The van der Waals surface area contributed by atoms with Crippen molar-refractivity contribution >= 4 is 5.97 Å². The van der Waals surface area contributed by atoms with Gasteiger partial charge in [0.15, 0.2) is 5.79 Å². The molecule has 3 saturated heterocycles. The average molecular weight is 336 g/mol. The molecule has 7 atom stereocenters. The van der Waals surface area contributed by atoms with E-state index in [-0.39, 0.29) is 23.4 Å². The average Bonchev–Trinajstić information content (AvgIpc) is 2.76. The molecule has 4 rings (SSSR count). The SMILES string of the molecule is CCCCCC[C@H]1C(=O)O[C@@H]2O[C@@]3(C)CC[C@H]4[C@H](C)CC[C@@H]1[C@@]24O3. The summed E-state index contributed by atoms with van der Waals surface area (Å²) in [6, 6.07) is 0. The highest BCUT2D eigenvalue weighted by Crippen LogP contribution is 2.63. The Balaban J connectivity index is 1.61. The van der Waals surface area contributed by atoms with Crippen molar-refractivity contribution in [1.82, 2.24) is 0 Å². The van der Waals surface area contributed by atoms with Crippen LogP contribution < -0.4 is 0 Å². The number of fused-ring (bicyclic) bond motifs is 1. The zero-order valence-electron chi connectivity index (χ0n) is 15.4. The lowest BCUT2D eigenvalue weighted by atomic mass is 9.56. The highest BCUT2D eigenvalue weighted by atomic mass is 16.8. The topological polar surface area (TPSA) is 44.8 Å². The van der Waals surface area contributed by atoms with E-state index in [1.165, 1.54) is 25.7 Å². The number of ether oxygens (including phenoxy) is 3. The molecule has 3 aliphatic heterocycles. The predicted octanol–water partition coefficient (Wildman–Crippen LogP) is 4.41. The molecule has 4 heteroatoms. The molecule has 1 aliphatic carbocycles. The van der Waals surface area contributed by atoms with Crippen molar-refractivity contribution in [2.75, 3.05) is 0 Å². The molecule has 4 nitrogen and oxygen atoms in total. The van der Waals surface area contributed by atoms with Crippen molar-refractivity contribution in [3.63, 3.8) is 0 Å². The van der Waals surface area contributed by atoms with Gasteiger partial charge in [0.05, 0.1) is 5.92 Å². The van der Waals surface area contributed by atoms with Crippen LogP contribution in [-0.2, 0) is 19.0 Å². The Morgan fingerprint density at radius 3 is 2.75 bits per heavy atom. The largest absolute Gasteiger partial charge is 0.432 e. The monoisotopic (exact) mass is 336 g/mol. The van der Waals surface area contributed by atoms with Gasteiger partial charge in [-0.1, -0.05) is 39.5 Å². The smallest absolute Gasteiger partial charge is 0.311 e. The summed E-state index contributed by atoms with van der Waals surface area (Å²) in [5.74, 6) is 0.745. The fourth-order valence-electron chi connectivity index (χ4n) is 5.99. The molecule has 0 amide bonds. The number of rotatable bonds is 5. The zero-order valence-corrected chi connectivity index (χ0v) is 15.4. The van der Waals surface area contributed by atoms with E-state index in [4.69, 9.17) is 14.2 Å². The maximum absolute atomic E-state index is 12.7. The third-order valence-electron chi connectivity index (χ3n) is 7.19. The lowest BCUT2D eigenvalue weighted by molar-refractivity contribution is -0.265. The second-order valence-electron chi connectivity index (χ2n) is 8.74. The van der Waals surface area contributed by atoms with Crippen LogP contribution in [0.3, 0.4) is 0 Å². The molecule has 3 heterocycles. The fraction of sp³-hybridized carbons (Fsp3) is 0.950. The summed E-state index contributed by atoms with van der Waals surface area (Å²) in [4.78, 5) is 12.7. The fourth-order valence-corrected chi connectivity index (χ4v) is 5.99. The van der Waals surface area contributed by atoms with Crippen LogP contribution in [0.4, 0.5) is 0 Å². The Bertz CT molecular complexity index is 506. The molecular weight excluding hydrogens is 304 g/mol. The van der Waals surface area contributed by atoms with Gasteiger partial charge in [-0.2, -0.15) is 0 Å². The molecule has 0 radical (unpaired) electrons. The van der Waals surface area contributed by atoms with E-state index >= 15 is 0 Å². The molecule has 0 unspecified atom stereocenters. The summed E-state index contributed by atoms with van der Waals surface area (Å²) >= 11 is 0. The summed E-state index contributed by atoms with van der Waals surface area (Å²) < 4.78 is 18.6. The van der Waals surface area contributed by atoms with Crippen LogP contribution in [0.1, 0.15) is 78.6 Å². The van der Waals surface area contributed by atoms with Crippen molar-refractivity contribution in [1.29, 1.82) is 0 Å². The first-order valence-electron chi connectivity index (χ1n) is 10.1. The third-order valence-corrected chi connectivity index (χ3v) is 7.19. The first-order valence-corrected chi connectivity index (χ1v) is 10.1. The third kappa shape index (κ3) is 2.36. The van der Waals surface area contributed by atoms with E-state index in [1.54, 1.807) is 0 Å². The van der Waals surface area contributed by atoms with Crippen LogP contribution in [0.25, 0.3) is 0 Å². The predicted molar refractivity (Wildman–Crippen MR) is 90.0 cm³/mol. The molecule has 4 fully saturated rings. The minimum atomic E-state index is -0.562. The van der Waals surface area contributed by atoms with Gasteiger partial charge in [-0.3, -0.25) is 4.79 Å². The van der Waals surface area contributed by atoms with Gasteiger partial charge in [-0.15, -0.1) is 0 Å². The van der Waals surface area contributed by atoms with Crippen LogP contribution in [0.2, 0.25) is 0 Å². The molecule has 0 N–H and O–H groups in total. The van der Waals surface area contributed by atoms with Crippen LogP contribution in [-0.4, -0.2) is 23.6 Å². The van der Waals surface area contributed by atoms with Crippen molar-refractivity contribution in [2.24, 2.45) is 23.7 Å². The maximum Gasteiger partial charge on any atom is 0.311 e. The van der Waals surface area contributed by atoms with Crippen LogP contribution >= 0.6 is 0 Å². The van der Waals surface area contributed by atoms with E-state index in [2.05, 4.69) is 13.8 Å². The Kier molecular flexibility index (Phi) is 4.20. The molecule has 2 bridgehead atoms. The van der Waals surface area contributed by atoms with Gasteiger partial charge in [0, 0.05) is 12.3 Å². The second-order valence-corrected chi connectivity index (χ2v) is 8.74. The number of carbonyl (C=O) groups excluding carboxylic acids is 1. The van der Waals surface area contributed by atoms with Crippen LogP contribution in [0, 0.1) is 23.7 Å². The highest BCUT2D eigenvalue weighted by molar-refractivity contribution is 5.74. The number of carbonyl (C=O) groups is 1. The van der Waals surface area contributed by atoms with Gasteiger partial charge < -0.3 is 14.2 Å². The van der Waals surface area contributed by atoms with Gasteiger partial charge in [0.25, 0.3) is 0 Å². The lowest BCUT2D eigenvalue weighted by Crippen LogP contribution is -2.65. The van der Waals surface area contributed by atoms with E-state index < -0.39 is 12.1 Å². The molecule has 0 aromatic rings. The Hall–Kier alpha value is -0.610. The van der Waals surface area contributed by atoms with Crippen LogP contribution in [0.5, 0.6) is 0 Å². The first kappa shape index (κ1) is 16.8. The second kappa shape index (κ2) is 5.98.